The number of aliphatic hydroxyl groups excluding tert-OH is 1. The number of ether oxygens (including phenoxy) is 1. The Morgan fingerprint density at radius 3 is 2.54 bits per heavy atom. The van der Waals surface area contributed by atoms with E-state index in [0.29, 0.717) is 67.1 Å². The summed E-state index contributed by atoms with van der Waals surface area (Å²) in [7, 11) is 1.57. The van der Waals surface area contributed by atoms with Crippen LogP contribution in [0.3, 0.4) is 0 Å². The lowest BCUT2D eigenvalue weighted by Crippen LogP contribution is -2.50. The molecule has 2 aliphatic rings. The summed E-state index contributed by atoms with van der Waals surface area (Å²) >= 11 is 6.94. The first kappa shape index (κ1) is 31.6. The Kier molecular flexibility index (Phi) is 9.01. The van der Waals surface area contributed by atoms with Crippen molar-refractivity contribution in [1.82, 2.24) is 24.8 Å². The molecule has 4 aromatic rings. The Balaban J connectivity index is 1.25. The number of nitrogens with one attached hydrogen (secondary N) is 1. The summed E-state index contributed by atoms with van der Waals surface area (Å²) in [6, 6.07) is 13.1. The molecule has 1 fully saturated rings. The van der Waals surface area contributed by atoms with Crippen molar-refractivity contribution in [2.24, 2.45) is 0 Å². The molecule has 0 saturated carbocycles. The number of anilines is 1. The van der Waals surface area contributed by atoms with E-state index in [1.54, 1.807) is 25.4 Å². The number of carbonyl (C=O) groups is 2. The predicted molar refractivity (Wildman–Crippen MR) is 174 cm³/mol. The third-order valence-electron chi connectivity index (χ3n) is 8.54. The lowest BCUT2D eigenvalue weighted by Gasteiger charge is -2.35. The second-order valence-electron chi connectivity index (χ2n) is 11.8. The van der Waals surface area contributed by atoms with Crippen molar-refractivity contribution < 1.29 is 24.5 Å². The van der Waals surface area contributed by atoms with Crippen molar-refractivity contribution in [3.05, 3.63) is 87.5 Å². The lowest BCUT2D eigenvalue weighted by atomic mass is 9.94. The van der Waals surface area contributed by atoms with Gasteiger partial charge in [0.2, 0.25) is 5.88 Å². The zero-order valence-electron chi connectivity index (χ0n) is 25.9. The number of aliphatic hydroxyl groups is 1. The molecule has 0 aliphatic carbocycles. The smallest absolute Gasteiger partial charge is 0.317 e. The van der Waals surface area contributed by atoms with Gasteiger partial charge in [0.05, 0.1) is 48.1 Å². The molecule has 2 aliphatic heterocycles. The van der Waals surface area contributed by atoms with Crippen LogP contribution in [-0.2, 0) is 24.3 Å². The van der Waals surface area contributed by atoms with E-state index in [9.17, 15) is 19.8 Å². The highest BCUT2D eigenvalue weighted by atomic mass is 35.5. The molecule has 0 atom stereocenters. The van der Waals surface area contributed by atoms with E-state index in [1.165, 1.54) is 0 Å². The summed E-state index contributed by atoms with van der Waals surface area (Å²) in [5.74, 6) is -0.859. The SMILES string of the molecule is COc1nc(-c2cccc(-c3cccc(NC(=O)c4cc(C)c5c(n4)CN(CC(=O)O)CC5)c3Cl)c2C)cnc1CN1CC(O)C1. The highest BCUT2D eigenvalue weighted by Crippen LogP contribution is 2.38. The normalized spacial score (nSPS) is 15.2. The number of likely N-dealkylation sites (tertiary alicyclic amines) is 1. The fourth-order valence-corrected chi connectivity index (χ4v) is 6.43. The molecule has 3 N–H and O–H groups in total. The van der Waals surface area contributed by atoms with Gasteiger partial charge in [0, 0.05) is 43.9 Å². The van der Waals surface area contributed by atoms with Crippen molar-refractivity contribution in [2.45, 2.75) is 39.5 Å². The van der Waals surface area contributed by atoms with E-state index in [1.807, 2.05) is 49.1 Å². The summed E-state index contributed by atoms with van der Waals surface area (Å²) in [5.41, 5.74) is 8.19. The number of fused-ring (bicyclic) bond motifs is 1. The number of amides is 1. The van der Waals surface area contributed by atoms with Crippen molar-refractivity contribution in [1.29, 1.82) is 0 Å². The van der Waals surface area contributed by atoms with Gasteiger partial charge in [0.15, 0.2) is 0 Å². The van der Waals surface area contributed by atoms with E-state index in [4.69, 9.17) is 21.3 Å². The van der Waals surface area contributed by atoms with E-state index >= 15 is 0 Å². The van der Waals surface area contributed by atoms with Crippen molar-refractivity contribution in [3.8, 4) is 28.3 Å². The van der Waals surface area contributed by atoms with Crippen LogP contribution in [-0.4, -0.2) is 86.2 Å². The number of halogens is 1. The maximum absolute atomic E-state index is 13.4. The van der Waals surface area contributed by atoms with Crippen LogP contribution in [0.1, 0.15) is 38.6 Å². The number of β-amino-alcohol motifs (C(OH)–C–C–N with tert-alkyl or cyclic N) is 1. The van der Waals surface area contributed by atoms with Crippen molar-refractivity contribution in [2.75, 3.05) is 38.6 Å². The van der Waals surface area contributed by atoms with Gasteiger partial charge in [-0.2, -0.15) is 0 Å². The molecule has 46 heavy (non-hydrogen) atoms. The number of carboxylic acids is 1. The Morgan fingerprint density at radius 1 is 1.07 bits per heavy atom. The fourth-order valence-electron chi connectivity index (χ4n) is 6.15. The van der Waals surface area contributed by atoms with Gasteiger partial charge in [0.25, 0.3) is 5.91 Å². The van der Waals surface area contributed by atoms with E-state index in [2.05, 4.69) is 20.2 Å². The monoisotopic (exact) mass is 642 g/mol. The minimum atomic E-state index is -0.894. The lowest BCUT2D eigenvalue weighted by molar-refractivity contribution is -0.138. The Morgan fingerprint density at radius 2 is 1.80 bits per heavy atom. The zero-order chi connectivity index (χ0) is 32.5. The fraction of sp³-hybridized carbons (Fsp3) is 0.324. The zero-order valence-corrected chi connectivity index (χ0v) is 26.6. The van der Waals surface area contributed by atoms with Crippen LogP contribution in [0.4, 0.5) is 5.69 Å². The topological polar surface area (TPSA) is 141 Å². The summed E-state index contributed by atoms with van der Waals surface area (Å²) in [5, 5.41) is 22.1. The molecule has 6 rings (SSSR count). The molecule has 0 bridgehead atoms. The van der Waals surface area contributed by atoms with Gasteiger partial charge in [-0.25, -0.2) is 9.97 Å². The van der Waals surface area contributed by atoms with Crippen LogP contribution < -0.4 is 10.1 Å². The molecule has 1 saturated heterocycles. The molecule has 0 spiro atoms. The first-order valence-electron chi connectivity index (χ1n) is 15.0. The maximum atomic E-state index is 13.4. The number of nitrogens with zero attached hydrogens (tertiary/aromatic N) is 5. The van der Waals surface area contributed by atoms with Gasteiger partial charge in [0.1, 0.15) is 11.4 Å². The van der Waals surface area contributed by atoms with Crippen LogP contribution in [0.25, 0.3) is 22.4 Å². The minimum Gasteiger partial charge on any atom is -0.480 e. The second-order valence-corrected chi connectivity index (χ2v) is 12.1. The van der Waals surface area contributed by atoms with Gasteiger partial charge in [-0.3, -0.25) is 24.4 Å². The molecule has 2 aromatic carbocycles. The third kappa shape index (κ3) is 6.45. The van der Waals surface area contributed by atoms with Crippen molar-refractivity contribution >= 4 is 29.2 Å². The molecule has 238 valence electrons. The number of rotatable bonds is 9. The molecule has 12 heteroatoms. The number of aryl methyl sites for hydroxylation is 1. The number of methoxy groups -OCH3 is 1. The van der Waals surface area contributed by atoms with Gasteiger partial charge >= 0.3 is 5.97 Å². The number of carboxylic acid groups (broad SMARTS) is 1. The minimum absolute atomic E-state index is 0.0739. The highest BCUT2D eigenvalue weighted by Gasteiger charge is 2.27. The number of aliphatic carboxylic acids is 1. The van der Waals surface area contributed by atoms with Crippen LogP contribution in [0.15, 0.2) is 48.7 Å². The summed E-state index contributed by atoms with van der Waals surface area (Å²) in [6.45, 7) is 6.61. The maximum Gasteiger partial charge on any atom is 0.317 e. The van der Waals surface area contributed by atoms with Gasteiger partial charge in [-0.15, -0.1) is 0 Å². The number of pyridine rings is 1. The standard InChI is InChI=1S/C34H35ClN6O5/c1-19-12-27(37-29-16-40(18-31(43)44)11-10-22(19)29)33(45)38-26-9-5-8-25(32(26)35)23-6-4-7-24(20(23)2)28-13-36-30(34(39-28)46-3)17-41-14-21(42)15-41/h4-9,12-13,21,42H,10-11,14-18H2,1-3H3,(H,38,45)(H,43,44). The molecule has 2 aromatic heterocycles. The van der Waals surface area contributed by atoms with Crippen LogP contribution in [0.2, 0.25) is 5.02 Å². The van der Waals surface area contributed by atoms with Gasteiger partial charge in [-0.1, -0.05) is 41.9 Å². The molecule has 0 radical (unpaired) electrons. The first-order chi connectivity index (χ1) is 22.1. The largest absolute Gasteiger partial charge is 0.480 e. The van der Waals surface area contributed by atoms with E-state index in [0.717, 1.165) is 39.1 Å². The molecule has 11 nitrogen and oxygen atoms in total. The number of benzene rings is 2. The van der Waals surface area contributed by atoms with Crippen LogP contribution in [0.5, 0.6) is 5.88 Å². The Bertz CT molecular complexity index is 1830. The van der Waals surface area contributed by atoms with E-state index < -0.39 is 11.9 Å². The number of aromatic nitrogens is 3. The summed E-state index contributed by atoms with van der Waals surface area (Å²) in [4.78, 5) is 42.6. The Hall–Kier alpha value is -4.42. The number of carbonyl (C=O) groups excluding carboxylic acids is 1. The molecule has 4 heterocycles. The summed E-state index contributed by atoms with van der Waals surface area (Å²) in [6.07, 6.45) is 2.11. The first-order valence-corrected chi connectivity index (χ1v) is 15.4. The predicted octanol–water partition coefficient (Wildman–Crippen LogP) is 4.36. The molecule has 1 amide bonds. The molecule has 0 unspecified atom stereocenters. The molecular formula is C34H35ClN6O5. The average molecular weight is 643 g/mol. The molecular weight excluding hydrogens is 608 g/mol. The van der Waals surface area contributed by atoms with Gasteiger partial charge < -0.3 is 20.3 Å². The Labute approximate surface area is 271 Å². The average Bonchev–Trinajstić information content (AvgIpc) is 3.01. The van der Waals surface area contributed by atoms with Crippen LogP contribution in [0, 0.1) is 13.8 Å². The van der Waals surface area contributed by atoms with Crippen LogP contribution >= 0.6 is 11.6 Å². The second kappa shape index (κ2) is 13.1. The van der Waals surface area contributed by atoms with E-state index in [-0.39, 0.29) is 18.3 Å². The highest BCUT2D eigenvalue weighted by molar-refractivity contribution is 6.36. The number of hydrogen-bond donors (Lipinski definition) is 3. The van der Waals surface area contributed by atoms with Crippen molar-refractivity contribution in [3.63, 3.8) is 0 Å². The quantitative estimate of drug-likeness (QED) is 0.241. The van der Waals surface area contributed by atoms with Gasteiger partial charge in [-0.05, 0) is 54.7 Å². The number of hydrogen-bond acceptors (Lipinski definition) is 9. The summed E-state index contributed by atoms with van der Waals surface area (Å²) < 4.78 is 5.57. The third-order valence-corrected chi connectivity index (χ3v) is 8.95.